The van der Waals surface area contributed by atoms with Crippen LogP contribution in [-0.4, -0.2) is 24.8 Å². The molecule has 0 saturated carbocycles. The van der Waals surface area contributed by atoms with Gasteiger partial charge in [-0.3, -0.25) is 0 Å². The van der Waals surface area contributed by atoms with E-state index < -0.39 is 0 Å². The standard InChI is InChI=1S/C10H13ClN2O2/c11-8-3-9(12)10(13-4-8)15-6-7-1-2-14-5-7/h3-4,7H,1-2,5-6,12H2. The second kappa shape index (κ2) is 4.68. The van der Waals surface area contributed by atoms with Gasteiger partial charge in [0.05, 0.1) is 23.9 Å². The number of rotatable bonds is 3. The maximum absolute atomic E-state index is 5.73. The molecule has 2 N–H and O–H groups in total. The second-order valence-electron chi connectivity index (χ2n) is 3.59. The molecule has 0 aromatic carbocycles. The highest BCUT2D eigenvalue weighted by Crippen LogP contribution is 2.23. The zero-order chi connectivity index (χ0) is 10.7. The molecule has 5 heteroatoms. The monoisotopic (exact) mass is 228 g/mol. The van der Waals surface area contributed by atoms with Crippen LogP contribution in [-0.2, 0) is 4.74 Å². The lowest BCUT2D eigenvalue weighted by Crippen LogP contribution is -2.13. The van der Waals surface area contributed by atoms with E-state index in [9.17, 15) is 0 Å². The van der Waals surface area contributed by atoms with Crippen LogP contribution < -0.4 is 10.5 Å². The Balaban J connectivity index is 1.92. The summed E-state index contributed by atoms with van der Waals surface area (Å²) in [5.74, 6) is 0.896. The lowest BCUT2D eigenvalue weighted by atomic mass is 10.1. The van der Waals surface area contributed by atoms with Gasteiger partial charge in [0.1, 0.15) is 0 Å². The van der Waals surface area contributed by atoms with E-state index in [1.807, 2.05) is 0 Å². The molecular weight excluding hydrogens is 216 g/mol. The summed E-state index contributed by atoms with van der Waals surface area (Å²) in [5.41, 5.74) is 6.18. The van der Waals surface area contributed by atoms with E-state index in [4.69, 9.17) is 26.8 Å². The van der Waals surface area contributed by atoms with Crippen molar-refractivity contribution in [3.63, 3.8) is 0 Å². The van der Waals surface area contributed by atoms with Crippen LogP contribution in [0, 0.1) is 5.92 Å². The van der Waals surface area contributed by atoms with Gasteiger partial charge in [-0.05, 0) is 12.5 Å². The van der Waals surface area contributed by atoms with Crippen molar-refractivity contribution in [1.29, 1.82) is 0 Å². The lowest BCUT2D eigenvalue weighted by molar-refractivity contribution is 0.166. The first-order valence-corrected chi connectivity index (χ1v) is 5.25. The van der Waals surface area contributed by atoms with E-state index in [0.29, 0.717) is 29.1 Å². The fourth-order valence-electron chi connectivity index (χ4n) is 1.47. The van der Waals surface area contributed by atoms with Crippen LogP contribution in [0.5, 0.6) is 5.88 Å². The number of hydrogen-bond acceptors (Lipinski definition) is 4. The molecule has 0 spiro atoms. The summed E-state index contributed by atoms with van der Waals surface area (Å²) < 4.78 is 10.7. The minimum atomic E-state index is 0.446. The third-order valence-electron chi connectivity index (χ3n) is 2.33. The van der Waals surface area contributed by atoms with Crippen molar-refractivity contribution in [2.75, 3.05) is 25.6 Å². The van der Waals surface area contributed by atoms with Gasteiger partial charge in [-0.15, -0.1) is 0 Å². The molecule has 82 valence electrons. The van der Waals surface area contributed by atoms with Gasteiger partial charge >= 0.3 is 0 Å². The first-order valence-electron chi connectivity index (χ1n) is 4.87. The fraction of sp³-hybridized carbons (Fsp3) is 0.500. The highest BCUT2D eigenvalue weighted by Gasteiger charge is 2.17. The molecular formula is C10H13ClN2O2. The molecule has 15 heavy (non-hydrogen) atoms. The SMILES string of the molecule is Nc1cc(Cl)cnc1OCC1CCOC1. The number of halogens is 1. The van der Waals surface area contributed by atoms with Crippen molar-refractivity contribution >= 4 is 17.3 Å². The molecule has 1 aromatic rings. The van der Waals surface area contributed by atoms with Crippen molar-refractivity contribution in [1.82, 2.24) is 4.98 Å². The third-order valence-corrected chi connectivity index (χ3v) is 2.53. The number of anilines is 1. The normalized spacial score (nSPS) is 20.5. The number of nitrogens with two attached hydrogens (primary N) is 1. The zero-order valence-corrected chi connectivity index (χ0v) is 9.04. The molecule has 0 aliphatic carbocycles. The molecule has 1 aromatic heterocycles. The molecule has 1 atom stereocenters. The second-order valence-corrected chi connectivity index (χ2v) is 4.02. The van der Waals surface area contributed by atoms with Crippen LogP contribution in [0.2, 0.25) is 5.02 Å². The summed E-state index contributed by atoms with van der Waals surface area (Å²) in [7, 11) is 0. The summed E-state index contributed by atoms with van der Waals surface area (Å²) in [6.07, 6.45) is 2.56. The van der Waals surface area contributed by atoms with Gasteiger partial charge in [0.2, 0.25) is 5.88 Å². The highest BCUT2D eigenvalue weighted by molar-refractivity contribution is 6.30. The number of hydrogen-bond donors (Lipinski definition) is 1. The molecule has 4 nitrogen and oxygen atoms in total. The van der Waals surface area contributed by atoms with Gasteiger partial charge in [-0.2, -0.15) is 0 Å². The van der Waals surface area contributed by atoms with Gasteiger partial charge in [-0.1, -0.05) is 11.6 Å². The van der Waals surface area contributed by atoms with Crippen molar-refractivity contribution in [2.45, 2.75) is 6.42 Å². The number of ether oxygens (including phenoxy) is 2. The average Bonchev–Trinajstić information content (AvgIpc) is 2.69. The number of aromatic nitrogens is 1. The van der Waals surface area contributed by atoms with Crippen molar-refractivity contribution in [3.8, 4) is 5.88 Å². The first-order chi connectivity index (χ1) is 7.25. The Hall–Kier alpha value is -1.00. The van der Waals surface area contributed by atoms with Crippen LogP contribution in [0.1, 0.15) is 6.42 Å². The van der Waals surface area contributed by atoms with Gasteiger partial charge in [-0.25, -0.2) is 4.98 Å². The summed E-state index contributed by atoms with van der Waals surface area (Å²) in [6, 6.07) is 1.63. The van der Waals surface area contributed by atoms with Crippen LogP contribution in [0.3, 0.4) is 0 Å². The van der Waals surface area contributed by atoms with Crippen LogP contribution in [0.15, 0.2) is 12.3 Å². The van der Waals surface area contributed by atoms with Gasteiger partial charge in [0.25, 0.3) is 0 Å². The Morgan fingerprint density at radius 2 is 2.53 bits per heavy atom. The highest BCUT2D eigenvalue weighted by atomic mass is 35.5. The number of nitrogens with zero attached hydrogens (tertiary/aromatic N) is 1. The average molecular weight is 229 g/mol. The minimum absolute atomic E-state index is 0.446. The number of pyridine rings is 1. The summed E-state index contributed by atoms with van der Waals surface area (Å²) in [6.45, 7) is 2.17. The Morgan fingerprint density at radius 1 is 1.67 bits per heavy atom. The maximum Gasteiger partial charge on any atom is 0.237 e. The van der Waals surface area contributed by atoms with Crippen molar-refractivity contribution < 1.29 is 9.47 Å². The van der Waals surface area contributed by atoms with E-state index in [1.54, 1.807) is 6.07 Å². The predicted octanol–water partition coefficient (Wildman–Crippen LogP) is 1.73. The Labute approximate surface area is 93.3 Å². The molecule has 0 bridgehead atoms. The fourth-order valence-corrected chi connectivity index (χ4v) is 1.64. The van der Waals surface area contributed by atoms with Crippen LogP contribution in [0.25, 0.3) is 0 Å². The molecule has 0 amide bonds. The van der Waals surface area contributed by atoms with E-state index in [-0.39, 0.29) is 0 Å². The first kappa shape index (κ1) is 10.5. The lowest BCUT2D eigenvalue weighted by Gasteiger charge is -2.10. The summed E-state index contributed by atoms with van der Waals surface area (Å²) in [4.78, 5) is 4.02. The summed E-state index contributed by atoms with van der Waals surface area (Å²) in [5, 5.41) is 0.518. The van der Waals surface area contributed by atoms with Gasteiger partial charge in [0, 0.05) is 18.7 Å². The molecule has 1 unspecified atom stereocenters. The van der Waals surface area contributed by atoms with E-state index >= 15 is 0 Å². The molecule has 0 radical (unpaired) electrons. The molecule has 1 fully saturated rings. The minimum Gasteiger partial charge on any atom is -0.476 e. The molecule has 1 saturated heterocycles. The van der Waals surface area contributed by atoms with E-state index in [1.165, 1.54) is 6.20 Å². The Kier molecular flexibility index (Phi) is 3.28. The Bertz CT molecular complexity index is 340. The van der Waals surface area contributed by atoms with Crippen LogP contribution in [0.4, 0.5) is 5.69 Å². The van der Waals surface area contributed by atoms with Crippen molar-refractivity contribution in [3.05, 3.63) is 17.3 Å². The molecule has 2 rings (SSSR count). The maximum atomic E-state index is 5.73. The quantitative estimate of drug-likeness (QED) is 0.856. The topological polar surface area (TPSA) is 57.4 Å². The molecule has 1 aliphatic rings. The molecule has 1 aliphatic heterocycles. The van der Waals surface area contributed by atoms with Crippen LogP contribution >= 0.6 is 11.6 Å². The van der Waals surface area contributed by atoms with Gasteiger partial charge < -0.3 is 15.2 Å². The summed E-state index contributed by atoms with van der Waals surface area (Å²) >= 11 is 5.73. The van der Waals surface area contributed by atoms with E-state index in [2.05, 4.69) is 4.98 Å². The van der Waals surface area contributed by atoms with Crippen molar-refractivity contribution in [2.24, 2.45) is 5.92 Å². The third kappa shape index (κ3) is 2.73. The van der Waals surface area contributed by atoms with Gasteiger partial charge in [0.15, 0.2) is 0 Å². The van der Waals surface area contributed by atoms with E-state index in [0.717, 1.165) is 19.6 Å². The molecule has 2 heterocycles. The number of nitrogen functional groups attached to an aromatic ring is 1. The largest absolute Gasteiger partial charge is 0.476 e. The smallest absolute Gasteiger partial charge is 0.237 e. The zero-order valence-electron chi connectivity index (χ0n) is 8.28. The Morgan fingerprint density at radius 3 is 3.20 bits per heavy atom. The predicted molar refractivity (Wildman–Crippen MR) is 58.1 cm³/mol.